The first-order valence-electron chi connectivity index (χ1n) is 6.06. The van der Waals surface area contributed by atoms with E-state index >= 15 is 0 Å². The Hall–Kier alpha value is -2.22. The Morgan fingerprint density at radius 1 is 1.45 bits per heavy atom. The van der Waals surface area contributed by atoms with Crippen molar-refractivity contribution in [2.24, 2.45) is 0 Å². The van der Waals surface area contributed by atoms with Crippen LogP contribution in [0.15, 0.2) is 6.07 Å². The molecule has 0 radical (unpaired) electrons. The van der Waals surface area contributed by atoms with E-state index in [0.29, 0.717) is 5.82 Å². The fourth-order valence-electron chi connectivity index (χ4n) is 2.20. The van der Waals surface area contributed by atoms with Crippen molar-refractivity contribution in [3.05, 3.63) is 10.9 Å². The zero-order chi connectivity index (χ0) is 14.4. The molecule has 2 amide bonds. The van der Waals surface area contributed by atoms with Crippen LogP contribution in [0.25, 0.3) is 10.2 Å². The molecule has 1 saturated heterocycles. The molecule has 1 aliphatic heterocycles. The summed E-state index contributed by atoms with van der Waals surface area (Å²) in [4.78, 5) is 34.7. The minimum Gasteiger partial charge on any atom is -0.368 e. The van der Waals surface area contributed by atoms with Gasteiger partial charge in [0.05, 0.1) is 11.8 Å². The summed E-state index contributed by atoms with van der Waals surface area (Å²) in [5, 5.41) is 3.83. The SMILES string of the molecule is Cc1cc2c(NC3CC(=O)N(C)C3=O)nc(N)nc2s1. The van der Waals surface area contributed by atoms with Crippen LogP contribution in [0.5, 0.6) is 0 Å². The summed E-state index contributed by atoms with van der Waals surface area (Å²) < 4.78 is 0. The number of fused-ring (bicyclic) bond motifs is 1. The molecule has 20 heavy (non-hydrogen) atoms. The molecule has 0 spiro atoms. The minimum atomic E-state index is -0.592. The molecular formula is C12H13N5O2S. The average Bonchev–Trinajstić information content (AvgIpc) is 2.85. The number of nitrogens with two attached hydrogens (primary N) is 1. The molecule has 1 unspecified atom stereocenters. The van der Waals surface area contributed by atoms with Gasteiger partial charge in [-0.3, -0.25) is 14.5 Å². The first-order chi connectivity index (χ1) is 9.45. The Bertz CT molecular complexity index is 726. The molecular weight excluding hydrogens is 278 g/mol. The van der Waals surface area contributed by atoms with Crippen LogP contribution in [-0.4, -0.2) is 39.8 Å². The van der Waals surface area contributed by atoms with E-state index in [1.165, 1.54) is 18.4 Å². The number of carbonyl (C=O) groups is 2. The van der Waals surface area contributed by atoms with Crippen LogP contribution in [-0.2, 0) is 9.59 Å². The third-order valence-electron chi connectivity index (χ3n) is 3.23. The molecule has 8 heteroatoms. The van der Waals surface area contributed by atoms with Gasteiger partial charge < -0.3 is 11.1 Å². The van der Waals surface area contributed by atoms with Crippen LogP contribution in [0.1, 0.15) is 11.3 Å². The lowest BCUT2D eigenvalue weighted by molar-refractivity contribution is -0.136. The number of amides is 2. The summed E-state index contributed by atoms with van der Waals surface area (Å²) in [5.74, 6) is 0.185. The molecule has 0 aliphatic carbocycles. The number of aromatic nitrogens is 2. The monoisotopic (exact) mass is 291 g/mol. The zero-order valence-corrected chi connectivity index (χ0v) is 11.8. The lowest BCUT2D eigenvalue weighted by Gasteiger charge is -2.12. The number of hydrogen-bond acceptors (Lipinski definition) is 7. The molecule has 1 fully saturated rings. The number of thiophene rings is 1. The number of nitrogen functional groups attached to an aromatic ring is 1. The highest BCUT2D eigenvalue weighted by Gasteiger charge is 2.36. The number of rotatable bonds is 2. The maximum absolute atomic E-state index is 11.9. The van der Waals surface area contributed by atoms with Gasteiger partial charge in [-0.15, -0.1) is 11.3 Å². The van der Waals surface area contributed by atoms with E-state index in [1.54, 1.807) is 0 Å². The van der Waals surface area contributed by atoms with Crippen LogP contribution in [0.2, 0.25) is 0 Å². The number of aryl methyl sites for hydroxylation is 1. The van der Waals surface area contributed by atoms with Gasteiger partial charge in [0.2, 0.25) is 11.9 Å². The van der Waals surface area contributed by atoms with Gasteiger partial charge in [-0.1, -0.05) is 0 Å². The molecule has 1 aliphatic rings. The van der Waals surface area contributed by atoms with Crippen LogP contribution in [0.4, 0.5) is 11.8 Å². The fraction of sp³-hybridized carbons (Fsp3) is 0.333. The predicted molar refractivity (Wildman–Crippen MR) is 76.4 cm³/mol. The summed E-state index contributed by atoms with van der Waals surface area (Å²) in [7, 11) is 1.48. The highest BCUT2D eigenvalue weighted by atomic mass is 32.1. The van der Waals surface area contributed by atoms with Crippen LogP contribution < -0.4 is 11.1 Å². The van der Waals surface area contributed by atoms with Gasteiger partial charge in [-0.2, -0.15) is 4.98 Å². The van der Waals surface area contributed by atoms with E-state index in [2.05, 4.69) is 15.3 Å². The molecule has 7 nitrogen and oxygen atoms in total. The maximum atomic E-state index is 11.9. The van der Waals surface area contributed by atoms with Gasteiger partial charge >= 0.3 is 0 Å². The molecule has 0 saturated carbocycles. The topological polar surface area (TPSA) is 101 Å². The van der Waals surface area contributed by atoms with Crippen LogP contribution in [0, 0.1) is 6.92 Å². The minimum absolute atomic E-state index is 0.129. The van der Waals surface area contributed by atoms with E-state index in [4.69, 9.17) is 5.73 Å². The second-order valence-corrected chi connectivity index (χ2v) is 5.93. The summed E-state index contributed by atoms with van der Waals surface area (Å²) >= 11 is 1.51. The van der Waals surface area contributed by atoms with Gasteiger partial charge in [0.1, 0.15) is 16.7 Å². The van der Waals surface area contributed by atoms with Gasteiger partial charge in [-0.05, 0) is 13.0 Å². The molecule has 0 bridgehead atoms. The molecule has 1 atom stereocenters. The third-order valence-corrected chi connectivity index (χ3v) is 4.17. The smallest absolute Gasteiger partial charge is 0.251 e. The van der Waals surface area contributed by atoms with Gasteiger partial charge in [0.25, 0.3) is 5.91 Å². The summed E-state index contributed by atoms with van der Waals surface area (Å²) in [6, 6.07) is 1.34. The lowest BCUT2D eigenvalue weighted by atomic mass is 10.2. The fourth-order valence-corrected chi connectivity index (χ4v) is 3.09. The van der Waals surface area contributed by atoms with Crippen molar-refractivity contribution >= 4 is 45.1 Å². The lowest BCUT2D eigenvalue weighted by Crippen LogP contribution is -2.32. The number of likely N-dealkylation sites (tertiary alicyclic amines) is 1. The molecule has 3 rings (SSSR count). The number of nitrogens with zero attached hydrogens (tertiary/aromatic N) is 3. The second kappa shape index (κ2) is 4.41. The summed E-state index contributed by atoms with van der Waals surface area (Å²) in [6.45, 7) is 1.96. The first-order valence-corrected chi connectivity index (χ1v) is 6.88. The van der Waals surface area contributed by atoms with Crippen LogP contribution in [0.3, 0.4) is 0 Å². The Balaban J connectivity index is 1.99. The number of imide groups is 1. The molecule has 3 N–H and O–H groups in total. The van der Waals surface area contributed by atoms with Crippen molar-refractivity contribution in [2.75, 3.05) is 18.1 Å². The van der Waals surface area contributed by atoms with Gasteiger partial charge in [0, 0.05) is 11.9 Å². The molecule has 3 heterocycles. The zero-order valence-electron chi connectivity index (χ0n) is 11.0. The summed E-state index contributed by atoms with van der Waals surface area (Å²) in [6.07, 6.45) is 0.129. The predicted octanol–water partition coefficient (Wildman–Crippen LogP) is 0.751. The Kier molecular flexibility index (Phi) is 2.82. The van der Waals surface area contributed by atoms with Crippen molar-refractivity contribution in [3.63, 3.8) is 0 Å². The molecule has 0 aromatic carbocycles. The van der Waals surface area contributed by atoms with Crippen LogP contribution >= 0.6 is 11.3 Å². The van der Waals surface area contributed by atoms with Crippen molar-refractivity contribution in [2.45, 2.75) is 19.4 Å². The number of carbonyl (C=O) groups excluding carboxylic acids is 2. The van der Waals surface area contributed by atoms with Gasteiger partial charge in [0.15, 0.2) is 0 Å². The van der Waals surface area contributed by atoms with E-state index < -0.39 is 6.04 Å². The largest absolute Gasteiger partial charge is 0.368 e. The molecule has 2 aromatic rings. The van der Waals surface area contributed by atoms with Crippen molar-refractivity contribution in [1.82, 2.24) is 14.9 Å². The Labute approximate surface area is 118 Å². The standard InChI is InChI=1S/C12H13N5O2S/c1-5-3-6-9(15-12(13)16-10(6)20-5)14-7-4-8(18)17(2)11(7)19/h3,7H,4H2,1-2H3,(H3,13,14,15,16). The number of nitrogens with one attached hydrogen (secondary N) is 1. The average molecular weight is 291 g/mol. The number of likely N-dealkylation sites (N-methyl/N-ethyl adjacent to an activating group) is 1. The molecule has 2 aromatic heterocycles. The van der Waals surface area contributed by atoms with Gasteiger partial charge in [-0.25, -0.2) is 4.98 Å². The Morgan fingerprint density at radius 2 is 2.20 bits per heavy atom. The van der Waals surface area contributed by atoms with E-state index in [0.717, 1.165) is 20.0 Å². The van der Waals surface area contributed by atoms with E-state index in [1.807, 2.05) is 13.0 Å². The molecule has 104 valence electrons. The number of hydrogen-bond donors (Lipinski definition) is 2. The Morgan fingerprint density at radius 3 is 2.85 bits per heavy atom. The van der Waals surface area contributed by atoms with E-state index in [-0.39, 0.29) is 24.2 Å². The van der Waals surface area contributed by atoms with Crippen molar-refractivity contribution in [1.29, 1.82) is 0 Å². The normalized spacial score (nSPS) is 19.1. The first kappa shape index (κ1) is 12.8. The van der Waals surface area contributed by atoms with Crippen molar-refractivity contribution < 1.29 is 9.59 Å². The third kappa shape index (κ3) is 1.97. The number of anilines is 2. The highest BCUT2D eigenvalue weighted by Crippen LogP contribution is 2.30. The highest BCUT2D eigenvalue weighted by molar-refractivity contribution is 7.18. The quantitative estimate of drug-likeness (QED) is 0.792. The second-order valence-electron chi connectivity index (χ2n) is 4.70. The summed E-state index contributed by atoms with van der Waals surface area (Å²) in [5.41, 5.74) is 5.68. The van der Waals surface area contributed by atoms with E-state index in [9.17, 15) is 9.59 Å². The van der Waals surface area contributed by atoms with Crippen molar-refractivity contribution in [3.8, 4) is 0 Å². The maximum Gasteiger partial charge on any atom is 0.251 e.